The molecule has 2 rings (SSSR count). The minimum absolute atomic E-state index is 0.0265. The molecule has 0 spiro atoms. The van der Waals surface area contributed by atoms with Crippen LogP contribution in [0.4, 0.5) is 0 Å². The van der Waals surface area contributed by atoms with Gasteiger partial charge < -0.3 is 10.8 Å². The number of carboxylic acid groups (broad SMARTS) is 1. The van der Waals surface area contributed by atoms with Crippen molar-refractivity contribution in [2.45, 2.75) is 30.2 Å². The Morgan fingerprint density at radius 2 is 1.58 bits per heavy atom. The summed E-state index contributed by atoms with van der Waals surface area (Å²) in [6, 6.07) is 12.3. The number of halogens is 1. The van der Waals surface area contributed by atoms with Gasteiger partial charge in [-0.15, -0.1) is 0 Å². The average molecular weight is 398 g/mol. The van der Waals surface area contributed by atoms with Gasteiger partial charge in [-0.3, -0.25) is 4.79 Å². The lowest BCUT2D eigenvalue weighted by molar-refractivity contribution is -0.368. The Bertz CT molecular complexity index is 836. The fourth-order valence-electron chi connectivity index (χ4n) is 2.48. The molecular weight excluding hydrogens is 376 g/mol. The highest BCUT2D eigenvalue weighted by Crippen LogP contribution is 2.23. The van der Waals surface area contributed by atoms with Crippen molar-refractivity contribution in [1.82, 2.24) is 4.72 Å². The molecule has 26 heavy (non-hydrogen) atoms. The van der Waals surface area contributed by atoms with Crippen LogP contribution in [0.3, 0.4) is 0 Å². The summed E-state index contributed by atoms with van der Waals surface area (Å²) < 4.78 is 27.2. The van der Waals surface area contributed by atoms with Gasteiger partial charge in [0.1, 0.15) is 6.04 Å². The largest absolute Gasteiger partial charge is 0.480 e. The van der Waals surface area contributed by atoms with E-state index in [9.17, 15) is 18.3 Å². The first-order chi connectivity index (χ1) is 12.3. The van der Waals surface area contributed by atoms with E-state index in [4.69, 9.17) is 11.6 Å². The Hall–Kier alpha value is -1.93. The molecule has 0 heterocycles. The molecule has 0 aliphatic carbocycles. The molecule has 0 aliphatic rings. The molecule has 0 unspecified atom stereocenters. The SMILES string of the molecule is [NH3+]CCCC[C@@H](NS(=O)(=O)c1ccc(-c2ccc(Cl)cc2)cc1)C(=O)O. The normalized spacial score (nSPS) is 12.7. The quantitative estimate of drug-likeness (QED) is 0.563. The maximum absolute atomic E-state index is 12.5. The van der Waals surface area contributed by atoms with Gasteiger partial charge in [-0.1, -0.05) is 35.9 Å². The number of benzene rings is 2. The first kappa shape index (κ1) is 20.4. The molecule has 0 aromatic heterocycles. The Balaban J connectivity index is 2.14. The number of hydrogen-bond acceptors (Lipinski definition) is 3. The third-order valence-electron chi connectivity index (χ3n) is 3.93. The Morgan fingerprint density at radius 1 is 1.04 bits per heavy atom. The summed E-state index contributed by atoms with van der Waals surface area (Å²) in [4.78, 5) is 11.3. The summed E-state index contributed by atoms with van der Waals surface area (Å²) in [6.45, 7) is 0.686. The summed E-state index contributed by atoms with van der Waals surface area (Å²) in [5, 5.41) is 9.87. The molecule has 2 aromatic carbocycles. The molecule has 2 aromatic rings. The summed E-state index contributed by atoms with van der Waals surface area (Å²) >= 11 is 5.86. The van der Waals surface area contributed by atoms with Crippen LogP contribution in [0.5, 0.6) is 0 Å². The van der Waals surface area contributed by atoms with Gasteiger partial charge in [0.15, 0.2) is 0 Å². The predicted octanol–water partition coefficient (Wildman–Crippen LogP) is 2.15. The van der Waals surface area contributed by atoms with Crippen LogP contribution >= 0.6 is 11.6 Å². The minimum Gasteiger partial charge on any atom is -0.480 e. The highest BCUT2D eigenvalue weighted by atomic mass is 35.5. The first-order valence-electron chi connectivity index (χ1n) is 8.24. The molecule has 0 saturated heterocycles. The van der Waals surface area contributed by atoms with Gasteiger partial charge in [0, 0.05) is 5.02 Å². The Kier molecular flexibility index (Phi) is 7.16. The molecule has 0 saturated carbocycles. The van der Waals surface area contributed by atoms with Gasteiger partial charge >= 0.3 is 5.97 Å². The molecule has 0 radical (unpaired) electrons. The van der Waals surface area contributed by atoms with Gasteiger partial charge in [-0.05, 0) is 54.7 Å². The van der Waals surface area contributed by atoms with Crippen LogP contribution in [0.15, 0.2) is 53.4 Å². The number of aliphatic carboxylic acids is 1. The van der Waals surface area contributed by atoms with Crippen LogP contribution in [0.1, 0.15) is 19.3 Å². The van der Waals surface area contributed by atoms with Gasteiger partial charge in [0.2, 0.25) is 10.0 Å². The summed E-state index contributed by atoms with van der Waals surface area (Å²) in [7, 11) is -3.91. The van der Waals surface area contributed by atoms with Gasteiger partial charge in [0.25, 0.3) is 0 Å². The molecule has 140 valence electrons. The van der Waals surface area contributed by atoms with Crippen molar-refractivity contribution in [2.75, 3.05) is 6.54 Å². The van der Waals surface area contributed by atoms with Crippen LogP contribution in [-0.4, -0.2) is 32.1 Å². The monoisotopic (exact) mass is 397 g/mol. The summed E-state index contributed by atoms with van der Waals surface area (Å²) in [6.07, 6.45) is 1.58. The predicted molar refractivity (Wildman–Crippen MR) is 100 cm³/mol. The van der Waals surface area contributed by atoms with E-state index in [1.165, 1.54) is 12.1 Å². The van der Waals surface area contributed by atoms with Crippen LogP contribution < -0.4 is 10.5 Å². The van der Waals surface area contributed by atoms with Gasteiger partial charge in [0.05, 0.1) is 11.4 Å². The number of carboxylic acids is 1. The molecule has 5 N–H and O–H groups in total. The van der Waals surface area contributed by atoms with E-state index in [2.05, 4.69) is 10.5 Å². The second-order valence-electron chi connectivity index (χ2n) is 5.89. The van der Waals surface area contributed by atoms with Crippen molar-refractivity contribution in [2.24, 2.45) is 0 Å². The van der Waals surface area contributed by atoms with Crippen molar-refractivity contribution in [3.63, 3.8) is 0 Å². The maximum Gasteiger partial charge on any atom is 0.321 e. The van der Waals surface area contributed by atoms with Crippen molar-refractivity contribution in [3.05, 3.63) is 53.6 Å². The second-order valence-corrected chi connectivity index (χ2v) is 8.04. The van der Waals surface area contributed by atoms with Crippen LogP contribution in [-0.2, 0) is 14.8 Å². The van der Waals surface area contributed by atoms with E-state index < -0.39 is 22.0 Å². The zero-order valence-corrected chi connectivity index (χ0v) is 15.8. The van der Waals surface area contributed by atoms with Crippen LogP contribution in [0.25, 0.3) is 11.1 Å². The molecule has 0 amide bonds. The Morgan fingerprint density at radius 3 is 2.08 bits per heavy atom. The average Bonchev–Trinajstić information content (AvgIpc) is 2.61. The molecule has 6 nitrogen and oxygen atoms in total. The van der Waals surface area contributed by atoms with Crippen LogP contribution in [0, 0.1) is 0 Å². The highest BCUT2D eigenvalue weighted by molar-refractivity contribution is 7.89. The topological polar surface area (TPSA) is 111 Å². The van der Waals surface area contributed by atoms with Crippen LogP contribution in [0.2, 0.25) is 5.02 Å². The zero-order chi connectivity index (χ0) is 19.2. The molecule has 0 fully saturated rings. The minimum atomic E-state index is -3.91. The number of sulfonamides is 1. The standard InChI is InChI=1S/C18H21ClN2O4S/c19-15-8-4-13(5-9-15)14-6-10-16(11-7-14)26(24,25)21-17(18(22)23)3-1-2-12-20/h4-11,17,21H,1-3,12,20H2,(H,22,23)/p+1/t17-/m1/s1. The van der Waals surface area contributed by atoms with E-state index in [0.717, 1.165) is 17.5 Å². The number of unbranched alkanes of at least 4 members (excludes halogenated alkanes) is 1. The first-order valence-corrected chi connectivity index (χ1v) is 10.1. The van der Waals surface area contributed by atoms with E-state index in [1.54, 1.807) is 24.3 Å². The summed E-state index contributed by atoms with van der Waals surface area (Å²) in [5.41, 5.74) is 5.44. The van der Waals surface area contributed by atoms with Crippen molar-refractivity contribution in [3.8, 4) is 11.1 Å². The molecule has 1 atom stereocenters. The number of quaternary nitrogens is 1. The smallest absolute Gasteiger partial charge is 0.321 e. The van der Waals surface area contributed by atoms with E-state index in [1.807, 2.05) is 12.1 Å². The second kappa shape index (κ2) is 9.14. The lowest BCUT2D eigenvalue weighted by Gasteiger charge is -2.14. The number of hydrogen-bond donors (Lipinski definition) is 3. The fourth-order valence-corrected chi connectivity index (χ4v) is 3.83. The maximum atomic E-state index is 12.5. The van der Waals surface area contributed by atoms with Crippen molar-refractivity contribution >= 4 is 27.6 Å². The van der Waals surface area contributed by atoms with E-state index >= 15 is 0 Å². The molecule has 8 heteroatoms. The molecular formula is C18H22ClN2O4S+. The molecule has 0 bridgehead atoms. The summed E-state index contributed by atoms with van der Waals surface area (Å²) in [5.74, 6) is -1.18. The van der Waals surface area contributed by atoms with Gasteiger partial charge in [-0.2, -0.15) is 4.72 Å². The van der Waals surface area contributed by atoms with Crippen molar-refractivity contribution < 1.29 is 24.1 Å². The van der Waals surface area contributed by atoms with Gasteiger partial charge in [-0.25, -0.2) is 8.42 Å². The molecule has 0 aliphatic heterocycles. The van der Waals surface area contributed by atoms with Crippen molar-refractivity contribution in [1.29, 1.82) is 0 Å². The Labute approximate surface area is 158 Å². The van der Waals surface area contributed by atoms with E-state index in [-0.39, 0.29) is 11.3 Å². The zero-order valence-electron chi connectivity index (χ0n) is 14.2. The lowest BCUT2D eigenvalue weighted by atomic mass is 10.1. The fraction of sp³-hybridized carbons (Fsp3) is 0.278. The number of carbonyl (C=O) groups is 1. The third-order valence-corrected chi connectivity index (χ3v) is 5.67. The number of nitrogens with one attached hydrogen (secondary N) is 1. The lowest BCUT2D eigenvalue weighted by Crippen LogP contribution is -2.50. The highest BCUT2D eigenvalue weighted by Gasteiger charge is 2.25. The van der Waals surface area contributed by atoms with E-state index in [0.29, 0.717) is 18.0 Å². The number of rotatable bonds is 9. The third kappa shape index (κ3) is 5.54.